The smallest absolute Gasteiger partial charge is 0.328 e. The van der Waals surface area contributed by atoms with Crippen molar-refractivity contribution >= 4 is 23.8 Å². The highest BCUT2D eigenvalue weighted by molar-refractivity contribution is 5.92. The molecular weight excluding hydrogens is 322 g/mol. The summed E-state index contributed by atoms with van der Waals surface area (Å²) in [6.07, 6.45) is -0.495. The van der Waals surface area contributed by atoms with Crippen molar-refractivity contribution in [2.45, 2.75) is 56.8 Å². The van der Waals surface area contributed by atoms with Gasteiger partial charge in [-0.05, 0) is 32.7 Å². The first kappa shape index (κ1) is 19.8. The predicted octanol–water partition coefficient (Wildman–Crippen LogP) is -1.96. The molecule has 2 amide bonds. The summed E-state index contributed by atoms with van der Waals surface area (Å²) in [4.78, 5) is 46.0. The van der Waals surface area contributed by atoms with Crippen LogP contribution in [0.15, 0.2) is 0 Å². The van der Waals surface area contributed by atoms with Crippen molar-refractivity contribution in [3.63, 3.8) is 0 Å². The summed E-state index contributed by atoms with van der Waals surface area (Å²) in [5.41, 5.74) is 0. The molecule has 0 spiro atoms. The maximum Gasteiger partial charge on any atom is 0.328 e. The monoisotopic (exact) mass is 345 g/mol. The summed E-state index contributed by atoms with van der Waals surface area (Å²) < 4.78 is 0. The molecule has 1 fully saturated rings. The highest BCUT2D eigenvalue weighted by Crippen LogP contribution is 2.07. The van der Waals surface area contributed by atoms with Crippen LogP contribution in [0.3, 0.4) is 0 Å². The Balaban J connectivity index is 2.75. The van der Waals surface area contributed by atoms with E-state index in [2.05, 4.69) is 16.0 Å². The van der Waals surface area contributed by atoms with Crippen molar-refractivity contribution < 1.29 is 34.5 Å². The molecule has 10 heteroatoms. The van der Waals surface area contributed by atoms with E-state index in [1.54, 1.807) is 0 Å². The second kappa shape index (κ2) is 9.18. The van der Waals surface area contributed by atoms with Crippen LogP contribution in [-0.2, 0) is 19.2 Å². The molecule has 6 N–H and O–H groups in total. The maximum atomic E-state index is 12.2. The van der Waals surface area contributed by atoms with Gasteiger partial charge in [-0.2, -0.15) is 0 Å². The number of hydrogen-bond donors (Lipinski definition) is 6. The van der Waals surface area contributed by atoms with Gasteiger partial charge in [-0.3, -0.25) is 14.4 Å². The van der Waals surface area contributed by atoms with Gasteiger partial charge in [-0.25, -0.2) is 4.79 Å². The van der Waals surface area contributed by atoms with Gasteiger partial charge in [-0.15, -0.1) is 0 Å². The first-order chi connectivity index (χ1) is 11.2. The summed E-state index contributed by atoms with van der Waals surface area (Å²) in [6, 6.07) is -3.21. The number of aliphatic hydroxyl groups is 1. The lowest BCUT2D eigenvalue weighted by Crippen LogP contribution is -2.56. The summed E-state index contributed by atoms with van der Waals surface area (Å²) in [7, 11) is 0. The second-order valence-electron chi connectivity index (χ2n) is 5.71. The SMILES string of the molecule is CC(O)C(NC(=O)C(CCC(=O)O)NC(=O)C1CCCN1)C(=O)O. The van der Waals surface area contributed by atoms with Crippen LogP contribution in [0.5, 0.6) is 0 Å². The highest BCUT2D eigenvalue weighted by Gasteiger charge is 2.31. The maximum absolute atomic E-state index is 12.2. The first-order valence-electron chi connectivity index (χ1n) is 7.69. The van der Waals surface area contributed by atoms with Crippen molar-refractivity contribution in [3.05, 3.63) is 0 Å². The molecule has 0 bridgehead atoms. The molecule has 1 aliphatic rings. The van der Waals surface area contributed by atoms with E-state index in [1.165, 1.54) is 6.92 Å². The third kappa shape index (κ3) is 6.13. The van der Waals surface area contributed by atoms with Gasteiger partial charge in [0.2, 0.25) is 11.8 Å². The molecule has 4 atom stereocenters. The third-order valence-electron chi connectivity index (χ3n) is 3.70. The zero-order valence-corrected chi connectivity index (χ0v) is 13.3. The number of carboxylic acid groups (broad SMARTS) is 2. The Hall–Kier alpha value is -2.20. The molecule has 1 rings (SSSR count). The molecule has 0 aliphatic carbocycles. The van der Waals surface area contributed by atoms with E-state index in [0.717, 1.165) is 6.42 Å². The number of rotatable bonds is 9. The Morgan fingerprint density at radius 3 is 2.33 bits per heavy atom. The van der Waals surface area contributed by atoms with Crippen molar-refractivity contribution in [1.82, 2.24) is 16.0 Å². The number of carboxylic acids is 2. The minimum Gasteiger partial charge on any atom is -0.481 e. The quantitative estimate of drug-likeness (QED) is 0.280. The van der Waals surface area contributed by atoms with Crippen LogP contribution in [-0.4, -0.2) is 69.8 Å². The fourth-order valence-corrected chi connectivity index (χ4v) is 2.36. The molecule has 0 radical (unpaired) electrons. The second-order valence-corrected chi connectivity index (χ2v) is 5.71. The number of carbonyl (C=O) groups is 4. The average Bonchev–Trinajstić information content (AvgIpc) is 3.01. The number of amides is 2. The standard InChI is InChI=1S/C14H23N3O7/c1-7(18)11(14(23)24)17-13(22)9(4-5-10(19)20)16-12(21)8-3-2-6-15-8/h7-9,11,15,18H,2-6H2,1H3,(H,16,21)(H,17,22)(H,19,20)(H,23,24). The number of aliphatic carboxylic acids is 2. The van der Waals surface area contributed by atoms with Crippen LogP contribution in [0, 0.1) is 0 Å². The van der Waals surface area contributed by atoms with Gasteiger partial charge < -0.3 is 31.3 Å². The summed E-state index contributed by atoms with van der Waals surface area (Å²) in [5.74, 6) is -3.87. The molecule has 0 aromatic carbocycles. The van der Waals surface area contributed by atoms with Crippen molar-refractivity contribution in [3.8, 4) is 0 Å². The lowest BCUT2D eigenvalue weighted by molar-refractivity contribution is -0.145. The normalized spacial score (nSPS) is 20.7. The van der Waals surface area contributed by atoms with E-state index < -0.39 is 48.0 Å². The van der Waals surface area contributed by atoms with Crippen molar-refractivity contribution in [2.75, 3.05) is 6.54 Å². The molecule has 0 aromatic rings. The van der Waals surface area contributed by atoms with Crippen molar-refractivity contribution in [1.29, 1.82) is 0 Å². The summed E-state index contributed by atoms with van der Waals surface area (Å²) >= 11 is 0. The minimum absolute atomic E-state index is 0.189. The fraction of sp³-hybridized carbons (Fsp3) is 0.714. The lowest BCUT2D eigenvalue weighted by Gasteiger charge is -2.23. The lowest BCUT2D eigenvalue weighted by atomic mass is 10.1. The van der Waals surface area contributed by atoms with Gasteiger partial charge in [0.25, 0.3) is 0 Å². The largest absolute Gasteiger partial charge is 0.481 e. The molecule has 1 heterocycles. The number of carbonyl (C=O) groups excluding carboxylic acids is 2. The van der Waals surface area contributed by atoms with Gasteiger partial charge in [0.15, 0.2) is 6.04 Å². The fourth-order valence-electron chi connectivity index (χ4n) is 2.36. The van der Waals surface area contributed by atoms with Gasteiger partial charge in [0.1, 0.15) is 6.04 Å². The molecule has 0 aromatic heterocycles. The van der Waals surface area contributed by atoms with E-state index >= 15 is 0 Å². The number of aliphatic hydroxyl groups excluding tert-OH is 1. The average molecular weight is 345 g/mol. The molecule has 0 saturated carbocycles. The Morgan fingerprint density at radius 2 is 1.88 bits per heavy atom. The molecule has 4 unspecified atom stereocenters. The summed E-state index contributed by atoms with van der Waals surface area (Å²) in [6.45, 7) is 1.87. The van der Waals surface area contributed by atoms with Gasteiger partial charge >= 0.3 is 11.9 Å². The number of hydrogen-bond acceptors (Lipinski definition) is 6. The minimum atomic E-state index is -1.55. The molecule has 1 aliphatic heterocycles. The van der Waals surface area contributed by atoms with Crippen molar-refractivity contribution in [2.24, 2.45) is 0 Å². The Labute approximate surface area is 138 Å². The topological polar surface area (TPSA) is 165 Å². The first-order valence-corrected chi connectivity index (χ1v) is 7.69. The van der Waals surface area contributed by atoms with E-state index in [0.29, 0.717) is 13.0 Å². The Morgan fingerprint density at radius 1 is 1.21 bits per heavy atom. The van der Waals surface area contributed by atoms with Gasteiger partial charge in [-0.1, -0.05) is 0 Å². The summed E-state index contributed by atoms with van der Waals surface area (Å²) in [5, 5.41) is 34.7. The number of nitrogens with one attached hydrogen (secondary N) is 3. The van der Waals surface area contributed by atoms with Crippen LogP contribution >= 0.6 is 0 Å². The van der Waals surface area contributed by atoms with Gasteiger partial charge in [0.05, 0.1) is 12.1 Å². The van der Waals surface area contributed by atoms with Crippen LogP contribution in [0.1, 0.15) is 32.6 Å². The highest BCUT2D eigenvalue weighted by atomic mass is 16.4. The molecule has 10 nitrogen and oxygen atoms in total. The Kier molecular flexibility index (Phi) is 7.59. The van der Waals surface area contributed by atoms with E-state index in [9.17, 15) is 24.3 Å². The predicted molar refractivity (Wildman–Crippen MR) is 81.1 cm³/mol. The van der Waals surface area contributed by atoms with E-state index in [4.69, 9.17) is 10.2 Å². The van der Waals surface area contributed by atoms with Crippen LogP contribution in [0.25, 0.3) is 0 Å². The van der Waals surface area contributed by atoms with Gasteiger partial charge in [0, 0.05) is 6.42 Å². The molecular formula is C14H23N3O7. The van der Waals surface area contributed by atoms with E-state index in [-0.39, 0.29) is 12.8 Å². The zero-order chi connectivity index (χ0) is 18.3. The van der Waals surface area contributed by atoms with Crippen LogP contribution in [0.2, 0.25) is 0 Å². The molecule has 136 valence electrons. The third-order valence-corrected chi connectivity index (χ3v) is 3.70. The Bertz CT molecular complexity index is 489. The van der Waals surface area contributed by atoms with Crippen LogP contribution in [0.4, 0.5) is 0 Å². The van der Waals surface area contributed by atoms with E-state index in [1.807, 2.05) is 0 Å². The zero-order valence-electron chi connectivity index (χ0n) is 13.3. The molecule has 1 saturated heterocycles. The molecule has 24 heavy (non-hydrogen) atoms. The van der Waals surface area contributed by atoms with Crippen LogP contribution < -0.4 is 16.0 Å².